The standard InChI is InChI=1S/C51H60N2O9/c1-7-34-28-52-18-16-37-24-46(58-4)47(59-5)27-42(37)43(52)21-39(34)22-44-41-20-31(2)45(57-3)23-38(41)17-19-53(44)50(55)48-25-40(35-12-14-36(15-13-35)51(56)60-6)26-49(62-48)61-30-33-10-8-32(29-54)9-11-33/h8-15,20,23-25,27,34,39-40,43-44,49,54H,7,16-19,21-22,26,28-30H2,1-6H3/t34-,39+,40+,43-,44+,49-/m0/s1. The van der Waals surface area contributed by atoms with Crippen LogP contribution in [0.15, 0.2) is 84.6 Å². The van der Waals surface area contributed by atoms with Crippen molar-refractivity contribution in [1.29, 1.82) is 0 Å². The van der Waals surface area contributed by atoms with Crippen LogP contribution < -0.4 is 14.2 Å². The Hall–Kier alpha value is -5.36. The second-order valence-corrected chi connectivity index (χ2v) is 17.2. The number of amides is 1. The van der Waals surface area contributed by atoms with Crippen LogP contribution in [0.1, 0.15) is 105 Å². The Morgan fingerprint density at radius 3 is 2.16 bits per heavy atom. The van der Waals surface area contributed by atoms with E-state index in [9.17, 15) is 9.90 Å². The van der Waals surface area contributed by atoms with Gasteiger partial charge in [0.1, 0.15) is 5.75 Å². The number of benzene rings is 4. The van der Waals surface area contributed by atoms with Gasteiger partial charge < -0.3 is 38.4 Å². The van der Waals surface area contributed by atoms with Crippen molar-refractivity contribution >= 4 is 11.9 Å². The van der Waals surface area contributed by atoms with Gasteiger partial charge in [0, 0.05) is 38.0 Å². The molecule has 0 aromatic heterocycles. The molecule has 11 heteroatoms. The summed E-state index contributed by atoms with van der Waals surface area (Å²) in [6.07, 6.45) is 6.20. The largest absolute Gasteiger partial charge is 0.496 e. The van der Waals surface area contributed by atoms with Crippen molar-refractivity contribution in [1.82, 2.24) is 9.80 Å². The molecule has 4 aliphatic rings. The van der Waals surface area contributed by atoms with Crippen LogP contribution >= 0.6 is 0 Å². The summed E-state index contributed by atoms with van der Waals surface area (Å²) in [5.41, 5.74) is 9.19. The summed E-state index contributed by atoms with van der Waals surface area (Å²) in [6.45, 7) is 7.15. The summed E-state index contributed by atoms with van der Waals surface area (Å²) in [5, 5.41) is 9.56. The zero-order valence-electron chi connectivity index (χ0n) is 36.9. The molecule has 1 N–H and O–H groups in total. The minimum Gasteiger partial charge on any atom is -0.496 e. The van der Waals surface area contributed by atoms with Crippen molar-refractivity contribution in [3.63, 3.8) is 0 Å². The molecule has 1 fully saturated rings. The monoisotopic (exact) mass is 844 g/mol. The van der Waals surface area contributed by atoms with Gasteiger partial charge in [0.15, 0.2) is 17.3 Å². The average molecular weight is 845 g/mol. The maximum atomic E-state index is 15.3. The quantitative estimate of drug-likeness (QED) is 0.132. The molecule has 0 spiro atoms. The van der Waals surface area contributed by atoms with Crippen LogP contribution in [-0.2, 0) is 45.1 Å². The Kier molecular flexibility index (Phi) is 13.2. The highest BCUT2D eigenvalue weighted by molar-refractivity contribution is 5.92. The van der Waals surface area contributed by atoms with Crippen LogP contribution in [0.4, 0.5) is 0 Å². The summed E-state index contributed by atoms with van der Waals surface area (Å²) in [7, 11) is 6.48. The number of esters is 1. The van der Waals surface area contributed by atoms with Crippen LogP contribution in [0.2, 0.25) is 0 Å². The number of carbonyl (C=O) groups excluding carboxylic acids is 2. The Balaban J connectivity index is 1.12. The molecular weight excluding hydrogens is 785 g/mol. The highest BCUT2D eigenvalue weighted by Gasteiger charge is 2.43. The normalized spacial score (nSPS) is 23.2. The summed E-state index contributed by atoms with van der Waals surface area (Å²) in [5.74, 6) is 2.66. The van der Waals surface area contributed by atoms with Gasteiger partial charge in [0.2, 0.25) is 6.29 Å². The first kappa shape index (κ1) is 43.3. The third-order valence-electron chi connectivity index (χ3n) is 13.8. The molecule has 0 radical (unpaired) electrons. The number of carbonyl (C=O) groups is 2. The van der Waals surface area contributed by atoms with E-state index in [1.807, 2.05) is 42.5 Å². The van der Waals surface area contributed by atoms with E-state index in [0.29, 0.717) is 36.8 Å². The molecule has 4 aromatic carbocycles. The minimum atomic E-state index is -0.709. The van der Waals surface area contributed by atoms with Crippen molar-refractivity contribution in [3.05, 3.63) is 135 Å². The second kappa shape index (κ2) is 18.9. The number of hydrogen-bond donors (Lipinski definition) is 1. The van der Waals surface area contributed by atoms with Crippen LogP contribution in [0.25, 0.3) is 0 Å². The van der Waals surface area contributed by atoms with Gasteiger partial charge in [-0.3, -0.25) is 9.69 Å². The summed E-state index contributed by atoms with van der Waals surface area (Å²) in [4.78, 5) is 32.3. The van der Waals surface area contributed by atoms with Gasteiger partial charge in [-0.15, -0.1) is 0 Å². The number of hydrogen-bond acceptors (Lipinski definition) is 10. The molecule has 0 saturated carbocycles. The molecule has 1 saturated heterocycles. The third kappa shape index (κ3) is 8.80. The van der Waals surface area contributed by atoms with E-state index in [1.54, 1.807) is 33.5 Å². The van der Waals surface area contributed by atoms with Gasteiger partial charge in [0.05, 0.1) is 53.3 Å². The van der Waals surface area contributed by atoms with Crippen molar-refractivity contribution in [2.75, 3.05) is 48.1 Å². The number of rotatable bonds is 13. The highest BCUT2D eigenvalue weighted by atomic mass is 16.7. The van der Waals surface area contributed by atoms with Gasteiger partial charge in [-0.25, -0.2) is 4.79 Å². The Bertz CT molecular complexity index is 2270. The minimum absolute atomic E-state index is 0.0353. The molecule has 4 heterocycles. The molecule has 0 bridgehead atoms. The van der Waals surface area contributed by atoms with E-state index in [2.05, 4.69) is 47.9 Å². The third-order valence-corrected chi connectivity index (χ3v) is 13.8. The predicted molar refractivity (Wildman–Crippen MR) is 235 cm³/mol. The van der Waals surface area contributed by atoms with E-state index in [1.165, 1.54) is 29.4 Å². The lowest BCUT2D eigenvalue weighted by molar-refractivity contribution is -0.158. The SMILES string of the molecule is CC[C@H]1CN2CCc3cc(OC)c(OC)cc3[C@@H]2C[C@@H]1C[C@@H]1c2cc(C)c(OC)cc2CCN1C(=O)C1=C[C@@H](c2ccc(C(=O)OC)cc2)C[C@@H](OCc2ccc(CO)cc2)O1. The number of ether oxygens (including phenoxy) is 6. The number of allylic oxidation sites excluding steroid dienone is 1. The molecule has 4 aromatic rings. The van der Waals surface area contributed by atoms with Crippen LogP contribution in [-0.4, -0.2) is 81.1 Å². The van der Waals surface area contributed by atoms with Crippen molar-refractivity contribution in [2.45, 2.75) is 89.9 Å². The molecule has 4 aliphatic heterocycles. The first-order valence-corrected chi connectivity index (χ1v) is 22.0. The van der Waals surface area contributed by atoms with E-state index >= 15 is 4.79 Å². The maximum Gasteiger partial charge on any atom is 0.337 e. The Labute approximate surface area is 365 Å². The number of nitrogens with zero attached hydrogens (tertiary/aromatic N) is 2. The molecule has 328 valence electrons. The van der Waals surface area contributed by atoms with E-state index in [0.717, 1.165) is 78.3 Å². The number of aliphatic hydroxyl groups is 1. The number of aliphatic hydroxyl groups excluding tert-OH is 1. The average Bonchev–Trinajstić information content (AvgIpc) is 3.32. The fourth-order valence-electron chi connectivity index (χ4n) is 10.3. The predicted octanol–water partition coefficient (Wildman–Crippen LogP) is 8.39. The molecule has 0 unspecified atom stereocenters. The van der Waals surface area contributed by atoms with Crippen LogP contribution in [0.3, 0.4) is 0 Å². The molecule has 11 nitrogen and oxygen atoms in total. The summed E-state index contributed by atoms with van der Waals surface area (Å²) in [6, 6.07) is 23.7. The zero-order valence-corrected chi connectivity index (χ0v) is 36.9. The topological polar surface area (TPSA) is 116 Å². The fraction of sp³-hybridized carbons (Fsp3) is 0.451. The van der Waals surface area contributed by atoms with Crippen molar-refractivity contribution in [2.24, 2.45) is 11.8 Å². The fourth-order valence-corrected chi connectivity index (χ4v) is 10.3. The molecule has 62 heavy (non-hydrogen) atoms. The first-order valence-electron chi connectivity index (χ1n) is 22.0. The second-order valence-electron chi connectivity index (χ2n) is 17.2. The van der Waals surface area contributed by atoms with Gasteiger partial charge in [-0.2, -0.15) is 0 Å². The van der Waals surface area contributed by atoms with E-state index < -0.39 is 12.3 Å². The Morgan fingerprint density at radius 2 is 1.47 bits per heavy atom. The molecule has 1 amide bonds. The lowest BCUT2D eigenvalue weighted by atomic mass is 9.72. The molecular formula is C51H60N2O9. The maximum absolute atomic E-state index is 15.3. The number of aryl methyl sites for hydroxylation is 1. The molecule has 8 rings (SSSR count). The van der Waals surface area contributed by atoms with Gasteiger partial charge in [0.25, 0.3) is 5.91 Å². The first-order chi connectivity index (χ1) is 30.1. The number of piperidine rings is 1. The smallest absolute Gasteiger partial charge is 0.337 e. The summed E-state index contributed by atoms with van der Waals surface area (Å²) < 4.78 is 35.2. The van der Waals surface area contributed by atoms with E-state index in [4.69, 9.17) is 28.4 Å². The molecule has 0 aliphatic carbocycles. The number of methoxy groups -OCH3 is 4. The van der Waals surface area contributed by atoms with E-state index in [-0.39, 0.29) is 42.9 Å². The van der Waals surface area contributed by atoms with Crippen molar-refractivity contribution < 1.29 is 43.1 Å². The lowest BCUT2D eigenvalue weighted by Crippen LogP contribution is -2.48. The number of fused-ring (bicyclic) bond motifs is 4. The van der Waals surface area contributed by atoms with Crippen LogP contribution in [0.5, 0.6) is 17.2 Å². The van der Waals surface area contributed by atoms with Gasteiger partial charge >= 0.3 is 5.97 Å². The zero-order chi connectivity index (χ0) is 43.5. The van der Waals surface area contributed by atoms with Gasteiger partial charge in [-0.05, 0) is 125 Å². The highest BCUT2D eigenvalue weighted by Crippen LogP contribution is 2.49. The molecule has 6 atom stereocenters. The van der Waals surface area contributed by atoms with Crippen molar-refractivity contribution in [3.8, 4) is 17.2 Å². The Morgan fingerprint density at radius 1 is 0.790 bits per heavy atom. The van der Waals surface area contributed by atoms with Gasteiger partial charge in [-0.1, -0.05) is 55.8 Å². The van der Waals surface area contributed by atoms with Crippen LogP contribution in [0, 0.1) is 18.8 Å². The lowest BCUT2D eigenvalue weighted by Gasteiger charge is -2.49. The summed E-state index contributed by atoms with van der Waals surface area (Å²) >= 11 is 0.